The number of nitrogens with one attached hydrogen (secondary N) is 1. The molecule has 0 aliphatic heterocycles. The summed E-state index contributed by atoms with van der Waals surface area (Å²) in [5, 5.41) is 14.2. The van der Waals surface area contributed by atoms with E-state index in [1.165, 1.54) is 16.5 Å². The minimum Gasteiger partial charge on any atom is -0.508 e. The van der Waals surface area contributed by atoms with E-state index < -0.39 is 0 Å². The van der Waals surface area contributed by atoms with Crippen molar-refractivity contribution in [2.24, 2.45) is 7.05 Å². The van der Waals surface area contributed by atoms with Crippen molar-refractivity contribution in [1.82, 2.24) is 4.57 Å². The maximum Gasteiger partial charge on any atom is 0.118 e. The van der Waals surface area contributed by atoms with Gasteiger partial charge in [0.2, 0.25) is 0 Å². The molecular formula is C17H18N2O. The molecule has 1 heterocycles. The van der Waals surface area contributed by atoms with E-state index in [1.54, 1.807) is 6.07 Å². The standard InChI is InChI=1S/C17H18N2O/c1-12-9-14(7-8-17(12)20)18-10-13-11-19(2)16-6-4-3-5-15(13)16/h3-9,11,18,20H,10H2,1-2H3. The van der Waals surface area contributed by atoms with E-state index in [2.05, 4.69) is 47.4 Å². The molecule has 3 rings (SSSR count). The molecular weight excluding hydrogens is 248 g/mol. The summed E-state index contributed by atoms with van der Waals surface area (Å²) in [4.78, 5) is 0. The fraction of sp³-hybridized carbons (Fsp3) is 0.176. The molecule has 0 saturated heterocycles. The third kappa shape index (κ3) is 2.23. The number of aromatic nitrogens is 1. The van der Waals surface area contributed by atoms with Crippen LogP contribution in [0.2, 0.25) is 0 Å². The summed E-state index contributed by atoms with van der Waals surface area (Å²) in [7, 11) is 2.07. The summed E-state index contributed by atoms with van der Waals surface area (Å²) in [5.74, 6) is 0.334. The van der Waals surface area contributed by atoms with Crippen molar-refractivity contribution < 1.29 is 5.11 Å². The second-order valence-corrected chi connectivity index (χ2v) is 5.14. The highest BCUT2D eigenvalue weighted by Gasteiger charge is 2.05. The van der Waals surface area contributed by atoms with Crippen molar-refractivity contribution in [3.05, 3.63) is 59.8 Å². The maximum absolute atomic E-state index is 9.54. The van der Waals surface area contributed by atoms with Crippen LogP contribution in [0.15, 0.2) is 48.7 Å². The Morgan fingerprint density at radius 3 is 2.75 bits per heavy atom. The number of nitrogens with zero attached hydrogens (tertiary/aromatic N) is 1. The number of anilines is 1. The Kier molecular flexibility index (Phi) is 3.11. The predicted molar refractivity (Wildman–Crippen MR) is 83.1 cm³/mol. The molecule has 20 heavy (non-hydrogen) atoms. The lowest BCUT2D eigenvalue weighted by Gasteiger charge is -2.07. The number of fused-ring (bicyclic) bond motifs is 1. The molecule has 3 heteroatoms. The van der Waals surface area contributed by atoms with Gasteiger partial charge >= 0.3 is 0 Å². The zero-order valence-corrected chi connectivity index (χ0v) is 11.7. The first-order valence-corrected chi connectivity index (χ1v) is 6.71. The Labute approximate surface area is 118 Å². The number of hydrogen-bond donors (Lipinski definition) is 2. The van der Waals surface area contributed by atoms with Crippen molar-refractivity contribution in [2.75, 3.05) is 5.32 Å². The fourth-order valence-electron chi connectivity index (χ4n) is 2.53. The second kappa shape index (κ2) is 4.93. The van der Waals surface area contributed by atoms with Gasteiger partial charge in [-0.3, -0.25) is 0 Å². The largest absolute Gasteiger partial charge is 0.508 e. The quantitative estimate of drug-likeness (QED) is 0.707. The van der Waals surface area contributed by atoms with Crippen LogP contribution < -0.4 is 5.32 Å². The number of aromatic hydroxyl groups is 1. The van der Waals surface area contributed by atoms with Gasteiger partial charge in [-0.05, 0) is 42.3 Å². The third-order valence-electron chi connectivity index (χ3n) is 3.66. The van der Waals surface area contributed by atoms with Gasteiger partial charge in [-0.2, -0.15) is 0 Å². The minimum absolute atomic E-state index is 0.334. The SMILES string of the molecule is Cc1cc(NCc2cn(C)c3ccccc23)ccc1O. The lowest BCUT2D eigenvalue weighted by atomic mass is 10.1. The molecule has 3 aromatic rings. The molecule has 0 radical (unpaired) electrons. The number of para-hydroxylation sites is 1. The van der Waals surface area contributed by atoms with Crippen LogP contribution in [0.3, 0.4) is 0 Å². The molecule has 1 aromatic heterocycles. The van der Waals surface area contributed by atoms with Crippen molar-refractivity contribution in [3.8, 4) is 5.75 Å². The number of phenolic OH excluding ortho intramolecular Hbond substituents is 1. The van der Waals surface area contributed by atoms with E-state index in [0.29, 0.717) is 5.75 Å². The molecule has 2 N–H and O–H groups in total. The highest BCUT2D eigenvalue weighted by atomic mass is 16.3. The van der Waals surface area contributed by atoms with Crippen molar-refractivity contribution in [1.29, 1.82) is 0 Å². The van der Waals surface area contributed by atoms with Crippen LogP contribution in [0.4, 0.5) is 5.69 Å². The molecule has 0 aliphatic carbocycles. The third-order valence-corrected chi connectivity index (χ3v) is 3.66. The number of phenols is 1. The molecule has 0 aliphatic rings. The summed E-state index contributed by atoms with van der Waals surface area (Å²) < 4.78 is 2.15. The number of hydrogen-bond acceptors (Lipinski definition) is 2. The molecule has 102 valence electrons. The minimum atomic E-state index is 0.334. The van der Waals surface area contributed by atoms with Crippen LogP contribution in [-0.2, 0) is 13.6 Å². The van der Waals surface area contributed by atoms with E-state index in [-0.39, 0.29) is 0 Å². The monoisotopic (exact) mass is 266 g/mol. The first kappa shape index (κ1) is 12.6. The summed E-state index contributed by atoms with van der Waals surface area (Å²) >= 11 is 0. The van der Waals surface area contributed by atoms with Crippen molar-refractivity contribution in [3.63, 3.8) is 0 Å². The highest BCUT2D eigenvalue weighted by molar-refractivity contribution is 5.84. The first-order valence-electron chi connectivity index (χ1n) is 6.71. The van der Waals surface area contributed by atoms with Gasteiger partial charge in [-0.25, -0.2) is 0 Å². The van der Waals surface area contributed by atoms with Gasteiger partial charge in [0.25, 0.3) is 0 Å². The maximum atomic E-state index is 9.54. The van der Waals surface area contributed by atoms with Crippen LogP contribution in [0.1, 0.15) is 11.1 Å². The zero-order valence-electron chi connectivity index (χ0n) is 11.7. The second-order valence-electron chi connectivity index (χ2n) is 5.14. The zero-order chi connectivity index (χ0) is 14.1. The normalized spacial score (nSPS) is 10.9. The van der Waals surface area contributed by atoms with E-state index in [0.717, 1.165) is 17.8 Å². The van der Waals surface area contributed by atoms with Gasteiger partial charge in [0, 0.05) is 36.4 Å². The lowest BCUT2D eigenvalue weighted by Crippen LogP contribution is -1.99. The van der Waals surface area contributed by atoms with Gasteiger partial charge in [-0.1, -0.05) is 18.2 Å². The molecule has 0 amide bonds. The van der Waals surface area contributed by atoms with Crippen LogP contribution in [0, 0.1) is 6.92 Å². The average Bonchev–Trinajstić information content (AvgIpc) is 2.78. The van der Waals surface area contributed by atoms with Gasteiger partial charge < -0.3 is 15.0 Å². The Morgan fingerprint density at radius 2 is 1.95 bits per heavy atom. The van der Waals surface area contributed by atoms with Gasteiger partial charge in [0.05, 0.1) is 0 Å². The van der Waals surface area contributed by atoms with Crippen LogP contribution in [0.5, 0.6) is 5.75 Å². The molecule has 0 spiro atoms. The predicted octanol–water partition coefficient (Wildman–Crippen LogP) is 3.80. The van der Waals surface area contributed by atoms with Crippen LogP contribution >= 0.6 is 0 Å². The number of benzene rings is 2. The van der Waals surface area contributed by atoms with E-state index in [9.17, 15) is 5.11 Å². The molecule has 2 aromatic carbocycles. The lowest BCUT2D eigenvalue weighted by molar-refractivity contribution is 0.471. The Morgan fingerprint density at radius 1 is 1.15 bits per heavy atom. The molecule has 0 bridgehead atoms. The topological polar surface area (TPSA) is 37.2 Å². The molecule has 0 atom stereocenters. The summed E-state index contributed by atoms with van der Waals surface area (Å²) in [6.07, 6.45) is 2.16. The number of rotatable bonds is 3. The van der Waals surface area contributed by atoms with Crippen LogP contribution in [-0.4, -0.2) is 9.67 Å². The molecule has 0 fully saturated rings. The first-order chi connectivity index (χ1) is 9.65. The molecule has 0 unspecified atom stereocenters. The van der Waals surface area contributed by atoms with E-state index in [4.69, 9.17) is 0 Å². The van der Waals surface area contributed by atoms with Gasteiger partial charge in [-0.15, -0.1) is 0 Å². The molecule has 3 nitrogen and oxygen atoms in total. The summed E-state index contributed by atoms with van der Waals surface area (Å²) in [6, 6.07) is 14.0. The Bertz CT molecular complexity index is 759. The fourth-order valence-corrected chi connectivity index (χ4v) is 2.53. The van der Waals surface area contributed by atoms with Crippen LogP contribution in [0.25, 0.3) is 10.9 Å². The van der Waals surface area contributed by atoms with Gasteiger partial charge in [0.1, 0.15) is 5.75 Å². The van der Waals surface area contributed by atoms with E-state index in [1.807, 2.05) is 19.1 Å². The highest BCUT2D eigenvalue weighted by Crippen LogP contribution is 2.23. The average molecular weight is 266 g/mol. The van der Waals surface area contributed by atoms with E-state index >= 15 is 0 Å². The Balaban J connectivity index is 1.85. The summed E-state index contributed by atoms with van der Waals surface area (Å²) in [5.41, 5.74) is 4.42. The number of aryl methyl sites for hydroxylation is 2. The Hall–Kier alpha value is -2.42. The van der Waals surface area contributed by atoms with Crippen molar-refractivity contribution >= 4 is 16.6 Å². The summed E-state index contributed by atoms with van der Waals surface area (Å²) in [6.45, 7) is 2.67. The van der Waals surface area contributed by atoms with Crippen molar-refractivity contribution in [2.45, 2.75) is 13.5 Å². The smallest absolute Gasteiger partial charge is 0.118 e. The van der Waals surface area contributed by atoms with Gasteiger partial charge in [0.15, 0.2) is 0 Å². The molecule has 0 saturated carbocycles.